The van der Waals surface area contributed by atoms with Crippen molar-refractivity contribution in [3.8, 4) is 0 Å². The first-order valence-electron chi connectivity index (χ1n) is 6.13. The number of thioether (sulfide) groups is 1. The lowest BCUT2D eigenvalue weighted by Gasteiger charge is -2.24. The molecule has 4 nitrogen and oxygen atoms in total. The number of carbonyl (C=O) groups excluding carboxylic acids is 1. The van der Waals surface area contributed by atoms with Gasteiger partial charge in [0.2, 0.25) is 5.91 Å². The first-order chi connectivity index (χ1) is 8.95. The molecule has 1 aromatic rings. The van der Waals surface area contributed by atoms with Crippen molar-refractivity contribution >= 4 is 29.3 Å². The van der Waals surface area contributed by atoms with E-state index < -0.39 is 5.97 Å². The van der Waals surface area contributed by atoms with Gasteiger partial charge in [0.05, 0.1) is 6.42 Å². The van der Waals surface area contributed by atoms with E-state index in [1.54, 1.807) is 16.7 Å². The largest absolute Gasteiger partial charge is 0.481 e. The Kier molecular flexibility index (Phi) is 5.89. The molecule has 0 bridgehead atoms. The Morgan fingerprint density at radius 2 is 2.05 bits per heavy atom. The van der Waals surface area contributed by atoms with Gasteiger partial charge in [0.15, 0.2) is 0 Å². The Morgan fingerprint density at radius 3 is 2.58 bits per heavy atom. The number of benzene rings is 1. The average molecular weight is 281 g/mol. The van der Waals surface area contributed by atoms with Crippen LogP contribution in [0.15, 0.2) is 29.2 Å². The number of carbonyl (C=O) groups is 2. The summed E-state index contributed by atoms with van der Waals surface area (Å²) in [5.41, 5.74) is 0.756. The highest BCUT2D eigenvalue weighted by Crippen LogP contribution is 2.23. The summed E-state index contributed by atoms with van der Waals surface area (Å²) >= 11 is 1.59. The molecule has 5 heteroatoms. The highest BCUT2D eigenvalue weighted by atomic mass is 32.2. The predicted octanol–water partition coefficient (Wildman–Crippen LogP) is 2.87. The molecule has 0 spiro atoms. The third kappa shape index (κ3) is 4.59. The summed E-state index contributed by atoms with van der Waals surface area (Å²) in [4.78, 5) is 25.5. The second-order valence-corrected chi connectivity index (χ2v) is 5.37. The van der Waals surface area contributed by atoms with Crippen LogP contribution in [-0.4, -0.2) is 29.8 Å². The number of rotatable bonds is 6. The zero-order valence-corrected chi connectivity index (χ0v) is 12.2. The minimum atomic E-state index is -0.900. The molecule has 104 valence electrons. The highest BCUT2D eigenvalue weighted by molar-refractivity contribution is 7.98. The highest BCUT2D eigenvalue weighted by Gasteiger charge is 2.19. The number of aliphatic carboxylic acids is 1. The van der Waals surface area contributed by atoms with Crippen LogP contribution in [0.25, 0.3) is 0 Å². The third-order valence-electron chi connectivity index (χ3n) is 2.67. The summed E-state index contributed by atoms with van der Waals surface area (Å²) in [6.07, 6.45) is 1.91. The molecule has 1 N–H and O–H groups in total. The minimum Gasteiger partial charge on any atom is -0.481 e. The first-order valence-corrected chi connectivity index (χ1v) is 7.35. The molecule has 19 heavy (non-hydrogen) atoms. The van der Waals surface area contributed by atoms with Gasteiger partial charge in [-0.2, -0.15) is 0 Å². The fourth-order valence-corrected chi connectivity index (χ4v) is 2.12. The standard InChI is InChI=1S/C14H19NO3S/c1-10(2)14(18)15(8-7-13(16)17)11-5-4-6-12(9-11)19-3/h4-6,9-10H,7-8H2,1-3H3,(H,16,17). The van der Waals surface area contributed by atoms with E-state index in [4.69, 9.17) is 5.11 Å². The number of carboxylic acids is 1. The van der Waals surface area contributed by atoms with Gasteiger partial charge in [-0.1, -0.05) is 19.9 Å². The Labute approximate surface area is 117 Å². The molecule has 0 saturated carbocycles. The normalized spacial score (nSPS) is 10.5. The zero-order chi connectivity index (χ0) is 14.4. The van der Waals surface area contributed by atoms with E-state index in [9.17, 15) is 9.59 Å². The summed E-state index contributed by atoms with van der Waals surface area (Å²) in [5, 5.41) is 8.79. The fourth-order valence-electron chi connectivity index (χ4n) is 1.66. The van der Waals surface area contributed by atoms with Crippen molar-refractivity contribution in [2.45, 2.75) is 25.2 Å². The molecule has 1 amide bonds. The van der Waals surface area contributed by atoms with Crippen molar-refractivity contribution < 1.29 is 14.7 Å². The maximum absolute atomic E-state index is 12.2. The van der Waals surface area contributed by atoms with Crippen molar-refractivity contribution in [1.29, 1.82) is 0 Å². The maximum atomic E-state index is 12.2. The van der Waals surface area contributed by atoms with Crippen LogP contribution in [0.1, 0.15) is 20.3 Å². The molecule has 0 aliphatic carbocycles. The average Bonchev–Trinajstić information content (AvgIpc) is 2.38. The molecule has 1 rings (SSSR count). The molecular weight excluding hydrogens is 262 g/mol. The Hall–Kier alpha value is -1.49. The molecular formula is C14H19NO3S. The lowest BCUT2D eigenvalue weighted by atomic mass is 10.1. The van der Waals surface area contributed by atoms with Crippen LogP contribution >= 0.6 is 11.8 Å². The summed E-state index contributed by atoms with van der Waals surface area (Å²) in [7, 11) is 0. The molecule has 0 radical (unpaired) electrons. The number of anilines is 1. The van der Waals surface area contributed by atoms with Crippen molar-refractivity contribution in [3.63, 3.8) is 0 Å². The van der Waals surface area contributed by atoms with Gasteiger partial charge in [-0.25, -0.2) is 0 Å². The quantitative estimate of drug-likeness (QED) is 0.815. The van der Waals surface area contributed by atoms with Crippen LogP contribution in [0.3, 0.4) is 0 Å². The van der Waals surface area contributed by atoms with Gasteiger partial charge in [0, 0.05) is 23.0 Å². The monoisotopic (exact) mass is 281 g/mol. The SMILES string of the molecule is CSc1cccc(N(CCC(=O)O)C(=O)C(C)C)c1. The topological polar surface area (TPSA) is 57.6 Å². The Bertz CT molecular complexity index is 460. The van der Waals surface area contributed by atoms with Crippen LogP contribution < -0.4 is 4.90 Å². The van der Waals surface area contributed by atoms with E-state index in [2.05, 4.69) is 0 Å². The number of hydrogen-bond donors (Lipinski definition) is 1. The number of amides is 1. The molecule has 0 heterocycles. The van der Waals surface area contributed by atoms with E-state index in [1.807, 2.05) is 44.4 Å². The summed E-state index contributed by atoms with van der Waals surface area (Å²) < 4.78 is 0. The molecule has 0 saturated heterocycles. The van der Waals surface area contributed by atoms with E-state index in [0.29, 0.717) is 0 Å². The summed E-state index contributed by atoms with van der Waals surface area (Å²) in [6, 6.07) is 7.58. The second kappa shape index (κ2) is 7.19. The predicted molar refractivity (Wildman–Crippen MR) is 77.7 cm³/mol. The van der Waals surface area contributed by atoms with Gasteiger partial charge < -0.3 is 10.0 Å². The molecule has 0 fully saturated rings. The summed E-state index contributed by atoms with van der Waals surface area (Å²) in [5.74, 6) is -1.12. The molecule has 0 aliphatic heterocycles. The minimum absolute atomic E-state index is 0.0536. The maximum Gasteiger partial charge on any atom is 0.305 e. The van der Waals surface area contributed by atoms with Gasteiger partial charge in [-0.3, -0.25) is 9.59 Å². The smallest absolute Gasteiger partial charge is 0.305 e. The lowest BCUT2D eigenvalue weighted by molar-refractivity contribution is -0.136. The number of hydrogen-bond acceptors (Lipinski definition) is 3. The molecule has 0 atom stereocenters. The van der Waals surface area contributed by atoms with Gasteiger partial charge in [0.25, 0.3) is 0 Å². The van der Waals surface area contributed by atoms with E-state index in [-0.39, 0.29) is 24.8 Å². The van der Waals surface area contributed by atoms with E-state index in [0.717, 1.165) is 10.6 Å². The third-order valence-corrected chi connectivity index (χ3v) is 3.40. The Morgan fingerprint density at radius 1 is 1.37 bits per heavy atom. The van der Waals surface area contributed by atoms with Crippen molar-refractivity contribution in [3.05, 3.63) is 24.3 Å². The Balaban J connectivity index is 3.00. The molecule has 0 aliphatic rings. The van der Waals surface area contributed by atoms with Gasteiger partial charge in [0.1, 0.15) is 0 Å². The first kappa shape index (κ1) is 15.6. The van der Waals surface area contributed by atoms with E-state index in [1.165, 1.54) is 0 Å². The second-order valence-electron chi connectivity index (χ2n) is 4.49. The van der Waals surface area contributed by atoms with E-state index >= 15 is 0 Å². The number of carboxylic acid groups (broad SMARTS) is 1. The van der Waals surface area contributed by atoms with Gasteiger partial charge in [-0.15, -0.1) is 11.8 Å². The van der Waals surface area contributed by atoms with Crippen LogP contribution in [-0.2, 0) is 9.59 Å². The summed E-state index contributed by atoms with van der Waals surface area (Å²) in [6.45, 7) is 3.83. The lowest BCUT2D eigenvalue weighted by Crippen LogP contribution is -2.36. The zero-order valence-electron chi connectivity index (χ0n) is 11.4. The van der Waals surface area contributed by atoms with Gasteiger partial charge in [-0.05, 0) is 24.5 Å². The number of nitrogens with zero attached hydrogens (tertiary/aromatic N) is 1. The fraction of sp³-hybridized carbons (Fsp3) is 0.429. The molecule has 0 unspecified atom stereocenters. The van der Waals surface area contributed by atoms with Crippen molar-refractivity contribution in [2.24, 2.45) is 5.92 Å². The van der Waals surface area contributed by atoms with Crippen LogP contribution in [0, 0.1) is 5.92 Å². The van der Waals surface area contributed by atoms with Crippen LogP contribution in [0.5, 0.6) is 0 Å². The van der Waals surface area contributed by atoms with Crippen LogP contribution in [0.2, 0.25) is 0 Å². The molecule has 1 aromatic carbocycles. The van der Waals surface area contributed by atoms with Gasteiger partial charge >= 0.3 is 5.97 Å². The van der Waals surface area contributed by atoms with Crippen molar-refractivity contribution in [1.82, 2.24) is 0 Å². The van der Waals surface area contributed by atoms with Crippen LogP contribution in [0.4, 0.5) is 5.69 Å². The van der Waals surface area contributed by atoms with Crippen molar-refractivity contribution in [2.75, 3.05) is 17.7 Å². The molecule has 0 aromatic heterocycles.